The van der Waals surface area contributed by atoms with Crippen molar-refractivity contribution in [2.75, 3.05) is 0 Å². The van der Waals surface area contributed by atoms with Gasteiger partial charge in [0.15, 0.2) is 0 Å². The third-order valence-corrected chi connectivity index (χ3v) is 9.21. The van der Waals surface area contributed by atoms with E-state index in [0.717, 1.165) is 22.5 Å². The van der Waals surface area contributed by atoms with Gasteiger partial charge in [0.1, 0.15) is 11.2 Å². The highest BCUT2D eigenvalue weighted by atomic mass is 16.3. The molecule has 3 aromatic heterocycles. The van der Waals surface area contributed by atoms with Crippen LogP contribution in [0.3, 0.4) is 0 Å². The summed E-state index contributed by atoms with van der Waals surface area (Å²) >= 11 is 0. The number of rotatable bonds is 2. The molecular formula is C39H26N2O2. The highest BCUT2D eigenvalue weighted by Gasteiger charge is 2.37. The van der Waals surface area contributed by atoms with E-state index in [1.54, 1.807) is 0 Å². The Balaban J connectivity index is 1.20. The smallest absolute Gasteiger partial charge is 0.200 e. The zero-order valence-corrected chi connectivity index (χ0v) is 23.8. The van der Waals surface area contributed by atoms with E-state index in [2.05, 4.69) is 85.1 Å². The molecule has 1 aliphatic carbocycles. The topological polar surface area (TPSA) is 48.0 Å². The molecule has 4 nitrogen and oxygen atoms in total. The SMILES string of the molecule is CC1(C)c2cc3c(cc2-c2cccnc21)c1ccccc1n3-c1ccc(-c2ccc3c(=O)c4ccccc4oc3c2)cc1. The second-order valence-corrected chi connectivity index (χ2v) is 12.0. The van der Waals surface area contributed by atoms with E-state index in [0.29, 0.717) is 21.9 Å². The predicted molar refractivity (Wildman–Crippen MR) is 175 cm³/mol. The fourth-order valence-corrected chi connectivity index (χ4v) is 7.07. The maximum absolute atomic E-state index is 13.0. The van der Waals surface area contributed by atoms with Crippen molar-refractivity contribution in [3.8, 4) is 27.9 Å². The lowest BCUT2D eigenvalue weighted by atomic mass is 9.85. The van der Waals surface area contributed by atoms with Crippen LogP contribution >= 0.6 is 0 Å². The van der Waals surface area contributed by atoms with Crippen molar-refractivity contribution >= 4 is 43.7 Å². The van der Waals surface area contributed by atoms with Gasteiger partial charge in [0.2, 0.25) is 5.43 Å². The van der Waals surface area contributed by atoms with Gasteiger partial charge < -0.3 is 8.98 Å². The molecule has 43 heavy (non-hydrogen) atoms. The number of hydrogen-bond acceptors (Lipinski definition) is 3. The number of fused-ring (bicyclic) bond motifs is 8. The lowest BCUT2D eigenvalue weighted by molar-refractivity contribution is 0.637. The second-order valence-electron chi connectivity index (χ2n) is 12.0. The van der Waals surface area contributed by atoms with Crippen LogP contribution in [0.25, 0.3) is 71.7 Å². The van der Waals surface area contributed by atoms with Crippen LogP contribution in [-0.2, 0) is 5.41 Å². The number of benzene rings is 5. The van der Waals surface area contributed by atoms with E-state index in [-0.39, 0.29) is 10.8 Å². The quantitative estimate of drug-likeness (QED) is 0.200. The molecule has 0 bridgehead atoms. The maximum atomic E-state index is 13.0. The lowest BCUT2D eigenvalue weighted by Crippen LogP contribution is -2.16. The summed E-state index contributed by atoms with van der Waals surface area (Å²) in [6.07, 6.45) is 1.90. The lowest BCUT2D eigenvalue weighted by Gasteiger charge is -2.20. The largest absolute Gasteiger partial charge is 0.456 e. The number of pyridine rings is 1. The Labute approximate surface area is 247 Å². The van der Waals surface area contributed by atoms with Crippen LogP contribution in [0, 0.1) is 0 Å². The van der Waals surface area contributed by atoms with Gasteiger partial charge in [0, 0.05) is 33.6 Å². The van der Waals surface area contributed by atoms with Crippen molar-refractivity contribution in [3.05, 3.63) is 143 Å². The zero-order valence-electron chi connectivity index (χ0n) is 23.8. The average molecular weight is 555 g/mol. The third kappa shape index (κ3) is 3.32. The summed E-state index contributed by atoms with van der Waals surface area (Å²) in [7, 11) is 0. The van der Waals surface area contributed by atoms with E-state index >= 15 is 0 Å². The number of hydrogen-bond donors (Lipinski definition) is 0. The average Bonchev–Trinajstić information content (AvgIpc) is 3.48. The molecule has 0 fully saturated rings. The Bertz CT molecular complexity index is 2500. The minimum absolute atomic E-state index is 0.00125. The van der Waals surface area contributed by atoms with Crippen LogP contribution < -0.4 is 5.43 Å². The monoisotopic (exact) mass is 554 g/mol. The van der Waals surface area contributed by atoms with Crippen LogP contribution in [0.1, 0.15) is 25.1 Å². The molecule has 4 heteroatoms. The number of nitrogens with zero attached hydrogens (tertiary/aromatic N) is 2. The molecule has 9 rings (SSSR count). The van der Waals surface area contributed by atoms with Crippen LogP contribution in [0.5, 0.6) is 0 Å². The molecule has 5 aromatic carbocycles. The maximum Gasteiger partial charge on any atom is 0.200 e. The molecule has 0 radical (unpaired) electrons. The standard InChI is InChI=1S/C39H26N2O2/c1-39(2)32-22-34-31(21-30(32)27-10-7-19-40-38(27)39)26-8-3-5-11-33(26)41(34)25-16-13-23(14-17-25)24-15-18-29-36(20-24)43-35-12-6-4-9-28(35)37(29)42/h3-22H,1-2H3. The summed E-state index contributed by atoms with van der Waals surface area (Å²) in [6.45, 7) is 4.54. The minimum Gasteiger partial charge on any atom is -0.456 e. The highest BCUT2D eigenvalue weighted by molar-refractivity contribution is 6.11. The Kier molecular flexibility index (Phi) is 4.79. The molecule has 0 saturated heterocycles. The molecule has 0 aliphatic heterocycles. The molecule has 0 amide bonds. The van der Waals surface area contributed by atoms with Crippen LogP contribution in [0.4, 0.5) is 0 Å². The van der Waals surface area contributed by atoms with Crippen molar-refractivity contribution in [3.63, 3.8) is 0 Å². The molecule has 204 valence electrons. The molecule has 0 unspecified atom stereocenters. The van der Waals surface area contributed by atoms with Crippen molar-refractivity contribution in [2.45, 2.75) is 19.3 Å². The summed E-state index contributed by atoms with van der Waals surface area (Å²) in [6, 6.07) is 39.5. The van der Waals surface area contributed by atoms with E-state index in [9.17, 15) is 4.79 Å². The molecule has 0 spiro atoms. The molecule has 1 aliphatic rings. The summed E-state index contributed by atoms with van der Waals surface area (Å²) in [5, 5.41) is 3.67. The predicted octanol–water partition coefficient (Wildman–Crippen LogP) is 9.41. The van der Waals surface area contributed by atoms with Crippen molar-refractivity contribution in [2.24, 2.45) is 0 Å². The summed E-state index contributed by atoms with van der Waals surface area (Å²) in [5.74, 6) is 0. The summed E-state index contributed by atoms with van der Waals surface area (Å²) in [4.78, 5) is 17.8. The van der Waals surface area contributed by atoms with Gasteiger partial charge in [-0.05, 0) is 82.9 Å². The van der Waals surface area contributed by atoms with Gasteiger partial charge in [-0.2, -0.15) is 0 Å². The van der Waals surface area contributed by atoms with Crippen molar-refractivity contribution in [1.82, 2.24) is 9.55 Å². The van der Waals surface area contributed by atoms with Gasteiger partial charge in [-0.15, -0.1) is 0 Å². The Hall–Kier alpha value is -5.48. The molecule has 8 aromatic rings. The summed E-state index contributed by atoms with van der Waals surface area (Å²) in [5.41, 5.74) is 11.5. The molecule has 0 N–H and O–H groups in total. The Morgan fingerprint density at radius 3 is 2.23 bits per heavy atom. The number of para-hydroxylation sites is 2. The van der Waals surface area contributed by atoms with Crippen molar-refractivity contribution in [1.29, 1.82) is 0 Å². The van der Waals surface area contributed by atoms with Crippen LogP contribution in [0.2, 0.25) is 0 Å². The van der Waals surface area contributed by atoms with Crippen molar-refractivity contribution < 1.29 is 4.42 Å². The first-order valence-corrected chi connectivity index (χ1v) is 14.6. The van der Waals surface area contributed by atoms with Crippen LogP contribution in [0.15, 0.2) is 131 Å². The first-order chi connectivity index (χ1) is 21.0. The van der Waals surface area contributed by atoms with Gasteiger partial charge in [-0.3, -0.25) is 9.78 Å². The van der Waals surface area contributed by atoms with Gasteiger partial charge in [0.05, 0.1) is 27.5 Å². The van der Waals surface area contributed by atoms with Crippen LogP contribution in [-0.4, -0.2) is 9.55 Å². The van der Waals surface area contributed by atoms with E-state index in [1.807, 2.05) is 54.7 Å². The first kappa shape index (κ1) is 24.2. The Morgan fingerprint density at radius 2 is 1.37 bits per heavy atom. The molecular weight excluding hydrogens is 528 g/mol. The van der Waals surface area contributed by atoms with Gasteiger partial charge >= 0.3 is 0 Å². The van der Waals surface area contributed by atoms with E-state index < -0.39 is 0 Å². The number of aromatic nitrogens is 2. The molecule has 0 saturated carbocycles. The fraction of sp³-hybridized carbons (Fsp3) is 0.0769. The normalized spacial score (nSPS) is 13.6. The van der Waals surface area contributed by atoms with E-state index in [4.69, 9.17) is 9.40 Å². The summed E-state index contributed by atoms with van der Waals surface area (Å²) < 4.78 is 8.50. The van der Waals surface area contributed by atoms with Gasteiger partial charge in [-0.1, -0.05) is 68.4 Å². The Morgan fingerprint density at radius 1 is 0.628 bits per heavy atom. The van der Waals surface area contributed by atoms with Gasteiger partial charge in [0.25, 0.3) is 0 Å². The first-order valence-electron chi connectivity index (χ1n) is 14.6. The van der Waals surface area contributed by atoms with Gasteiger partial charge in [-0.25, -0.2) is 0 Å². The third-order valence-electron chi connectivity index (χ3n) is 9.21. The molecule has 3 heterocycles. The highest BCUT2D eigenvalue weighted by Crippen LogP contribution is 2.50. The van der Waals surface area contributed by atoms with E-state index in [1.165, 1.54) is 38.5 Å². The minimum atomic E-state index is -0.179. The fourth-order valence-electron chi connectivity index (χ4n) is 7.07. The zero-order chi connectivity index (χ0) is 28.9. The molecule has 0 atom stereocenters. The second kappa shape index (κ2) is 8.52.